The van der Waals surface area contributed by atoms with E-state index >= 15 is 0 Å². The minimum Gasteiger partial charge on any atom is -0.488 e. The Kier molecular flexibility index (Phi) is 6.04. The third-order valence-electron chi connectivity index (χ3n) is 4.03. The van der Waals surface area contributed by atoms with E-state index in [1.807, 2.05) is 49.4 Å². The molecule has 0 aliphatic rings. The molecule has 4 nitrogen and oxygen atoms in total. The topological polar surface area (TPSA) is 58.9 Å². The second-order valence-electron chi connectivity index (χ2n) is 6.02. The summed E-state index contributed by atoms with van der Waals surface area (Å²) in [4.78, 5) is 15.5. The Morgan fingerprint density at radius 1 is 1.11 bits per heavy atom. The molecular weight excluding hydrogens is 406 g/mol. The summed E-state index contributed by atoms with van der Waals surface area (Å²) in [6.07, 6.45) is 1.79. The molecule has 0 saturated heterocycles. The summed E-state index contributed by atoms with van der Waals surface area (Å²) in [6, 6.07) is 20.3. The van der Waals surface area contributed by atoms with Crippen LogP contribution in [0.1, 0.15) is 27.0 Å². The highest BCUT2D eigenvalue weighted by Gasteiger charge is 2.06. The Morgan fingerprint density at radius 2 is 1.85 bits per heavy atom. The van der Waals surface area contributed by atoms with Crippen molar-refractivity contribution in [2.24, 2.45) is 4.99 Å². The van der Waals surface area contributed by atoms with Gasteiger partial charge in [-0.25, -0.2) is 4.79 Å². The summed E-state index contributed by atoms with van der Waals surface area (Å²) in [5.41, 5.74) is 4.02. The molecule has 5 heteroatoms. The predicted molar refractivity (Wildman–Crippen MR) is 110 cm³/mol. The number of rotatable bonds is 6. The summed E-state index contributed by atoms with van der Waals surface area (Å²) in [5.74, 6) is -0.233. The third kappa shape index (κ3) is 5.05. The molecule has 0 unspecified atom stereocenters. The van der Waals surface area contributed by atoms with Crippen molar-refractivity contribution in [2.75, 3.05) is 0 Å². The van der Waals surface area contributed by atoms with Gasteiger partial charge in [-0.15, -0.1) is 0 Å². The second-order valence-corrected chi connectivity index (χ2v) is 6.93. The lowest BCUT2D eigenvalue weighted by Gasteiger charge is -2.10. The van der Waals surface area contributed by atoms with Crippen molar-refractivity contribution < 1.29 is 14.6 Å². The van der Waals surface area contributed by atoms with Gasteiger partial charge in [0.25, 0.3) is 0 Å². The summed E-state index contributed by atoms with van der Waals surface area (Å²) in [5, 5.41) is 8.97. The number of benzene rings is 3. The maximum absolute atomic E-state index is 10.9. The summed E-state index contributed by atoms with van der Waals surface area (Å²) in [7, 11) is 0. The maximum atomic E-state index is 10.9. The molecule has 0 aliphatic carbocycles. The lowest BCUT2D eigenvalue weighted by atomic mass is 10.1. The van der Waals surface area contributed by atoms with Gasteiger partial charge < -0.3 is 9.84 Å². The van der Waals surface area contributed by atoms with Crippen molar-refractivity contribution in [3.8, 4) is 5.75 Å². The molecule has 0 saturated carbocycles. The predicted octanol–water partition coefficient (Wildman–Crippen LogP) is 5.79. The number of carbonyl (C=O) groups is 1. The number of halogens is 1. The monoisotopic (exact) mass is 423 g/mol. The Hall–Kier alpha value is -2.92. The Morgan fingerprint density at radius 3 is 2.56 bits per heavy atom. The zero-order valence-corrected chi connectivity index (χ0v) is 16.3. The molecule has 0 spiro atoms. The zero-order chi connectivity index (χ0) is 19.2. The van der Waals surface area contributed by atoms with Gasteiger partial charge >= 0.3 is 5.97 Å². The van der Waals surface area contributed by atoms with Gasteiger partial charge in [0, 0.05) is 16.3 Å². The normalized spacial score (nSPS) is 10.9. The highest BCUT2D eigenvalue weighted by atomic mass is 79.9. The van der Waals surface area contributed by atoms with Crippen molar-refractivity contribution in [3.05, 3.63) is 93.5 Å². The molecule has 0 aromatic heterocycles. The smallest absolute Gasteiger partial charge is 0.335 e. The molecule has 0 aliphatic heterocycles. The van der Waals surface area contributed by atoms with Gasteiger partial charge in [0.1, 0.15) is 12.4 Å². The summed E-state index contributed by atoms with van der Waals surface area (Å²) >= 11 is 3.48. The quantitative estimate of drug-likeness (QED) is 0.510. The van der Waals surface area contributed by atoms with Crippen LogP contribution in [0.15, 0.2) is 76.2 Å². The van der Waals surface area contributed by atoms with E-state index in [1.165, 1.54) is 0 Å². The fraction of sp³-hybridized carbons (Fsp3) is 0.0909. The molecule has 0 fully saturated rings. The van der Waals surface area contributed by atoms with E-state index in [-0.39, 0.29) is 5.56 Å². The number of ether oxygens (including phenoxy) is 1. The Labute approximate surface area is 166 Å². The standard InChI is InChI=1S/C22H18BrNO3/c1-15-4-2-3-5-20(15)24-13-18-12-19(23)10-11-21(18)27-14-16-6-8-17(9-7-16)22(25)26/h2-13H,14H2,1H3,(H,25,26). The Bertz CT molecular complexity index is 981. The molecule has 3 rings (SSSR count). The van der Waals surface area contributed by atoms with Crippen molar-refractivity contribution in [1.29, 1.82) is 0 Å². The molecule has 3 aromatic carbocycles. The number of nitrogens with zero attached hydrogens (tertiary/aromatic N) is 1. The van der Waals surface area contributed by atoms with Crippen LogP contribution >= 0.6 is 15.9 Å². The maximum Gasteiger partial charge on any atom is 0.335 e. The molecule has 27 heavy (non-hydrogen) atoms. The number of carboxylic acids is 1. The number of carboxylic acid groups (broad SMARTS) is 1. The SMILES string of the molecule is Cc1ccccc1N=Cc1cc(Br)ccc1OCc1ccc(C(=O)O)cc1. The van der Waals surface area contributed by atoms with Crippen molar-refractivity contribution in [2.45, 2.75) is 13.5 Å². The molecule has 0 atom stereocenters. The fourth-order valence-electron chi connectivity index (χ4n) is 2.50. The van der Waals surface area contributed by atoms with E-state index in [0.717, 1.165) is 26.9 Å². The first-order valence-electron chi connectivity index (χ1n) is 8.37. The van der Waals surface area contributed by atoms with Crippen LogP contribution in [0.25, 0.3) is 0 Å². The first-order valence-corrected chi connectivity index (χ1v) is 9.16. The molecule has 0 radical (unpaired) electrons. The number of hydrogen-bond donors (Lipinski definition) is 1. The van der Waals surface area contributed by atoms with Crippen LogP contribution in [-0.2, 0) is 6.61 Å². The van der Waals surface area contributed by atoms with Gasteiger partial charge in [-0.2, -0.15) is 0 Å². The van der Waals surface area contributed by atoms with Crippen LogP contribution in [0.2, 0.25) is 0 Å². The zero-order valence-electron chi connectivity index (χ0n) is 14.7. The minimum absolute atomic E-state index is 0.258. The van der Waals surface area contributed by atoms with Crippen LogP contribution in [0.4, 0.5) is 5.69 Å². The summed E-state index contributed by atoms with van der Waals surface area (Å²) < 4.78 is 6.87. The van der Waals surface area contributed by atoms with Crippen LogP contribution in [0.5, 0.6) is 5.75 Å². The molecular formula is C22H18BrNO3. The lowest BCUT2D eigenvalue weighted by molar-refractivity contribution is 0.0697. The molecule has 3 aromatic rings. The molecule has 0 heterocycles. The van der Waals surface area contributed by atoms with E-state index in [2.05, 4.69) is 20.9 Å². The average Bonchev–Trinajstić information content (AvgIpc) is 2.67. The number of aromatic carboxylic acids is 1. The van der Waals surface area contributed by atoms with Crippen LogP contribution in [0.3, 0.4) is 0 Å². The molecule has 0 bridgehead atoms. The second kappa shape index (κ2) is 8.64. The van der Waals surface area contributed by atoms with Crippen LogP contribution in [0, 0.1) is 6.92 Å². The van der Waals surface area contributed by atoms with Crippen LogP contribution < -0.4 is 4.74 Å². The van der Waals surface area contributed by atoms with Gasteiger partial charge in [-0.3, -0.25) is 4.99 Å². The van der Waals surface area contributed by atoms with E-state index in [4.69, 9.17) is 9.84 Å². The number of para-hydroxylation sites is 1. The highest BCUT2D eigenvalue weighted by molar-refractivity contribution is 9.10. The van der Waals surface area contributed by atoms with Gasteiger partial charge in [0.05, 0.1) is 11.3 Å². The molecule has 136 valence electrons. The van der Waals surface area contributed by atoms with Gasteiger partial charge in [0.2, 0.25) is 0 Å². The molecule has 0 amide bonds. The summed E-state index contributed by atoms with van der Waals surface area (Å²) in [6.45, 7) is 2.36. The van der Waals surface area contributed by atoms with E-state index in [9.17, 15) is 4.79 Å². The largest absolute Gasteiger partial charge is 0.488 e. The third-order valence-corrected chi connectivity index (χ3v) is 4.52. The fourth-order valence-corrected chi connectivity index (χ4v) is 2.88. The minimum atomic E-state index is -0.940. The van der Waals surface area contributed by atoms with Crippen molar-refractivity contribution >= 4 is 33.8 Å². The van der Waals surface area contributed by atoms with Gasteiger partial charge in [-0.05, 0) is 54.4 Å². The molecule has 1 N–H and O–H groups in total. The first kappa shape index (κ1) is 18.9. The lowest BCUT2D eigenvalue weighted by Crippen LogP contribution is -2.00. The Balaban J connectivity index is 1.77. The highest BCUT2D eigenvalue weighted by Crippen LogP contribution is 2.24. The first-order chi connectivity index (χ1) is 13.0. The van der Waals surface area contributed by atoms with Gasteiger partial charge in [-0.1, -0.05) is 46.3 Å². The number of aryl methyl sites for hydroxylation is 1. The van der Waals surface area contributed by atoms with Crippen molar-refractivity contribution in [3.63, 3.8) is 0 Å². The van der Waals surface area contributed by atoms with E-state index < -0.39 is 5.97 Å². The van der Waals surface area contributed by atoms with Crippen molar-refractivity contribution in [1.82, 2.24) is 0 Å². The van der Waals surface area contributed by atoms with Crippen LogP contribution in [-0.4, -0.2) is 17.3 Å². The van der Waals surface area contributed by atoms with E-state index in [1.54, 1.807) is 30.5 Å². The van der Waals surface area contributed by atoms with Gasteiger partial charge in [0.15, 0.2) is 0 Å². The van der Waals surface area contributed by atoms with E-state index in [0.29, 0.717) is 12.4 Å². The number of hydrogen-bond acceptors (Lipinski definition) is 3. The number of aliphatic imine (C=N–C) groups is 1. The average molecular weight is 424 g/mol.